The Kier molecular flexibility index (Phi) is 15.6. The van der Waals surface area contributed by atoms with Crippen molar-refractivity contribution in [1.29, 1.82) is 0 Å². The number of carbonyl (C=O) groups excluding carboxylic acids is 1. The van der Waals surface area contributed by atoms with Gasteiger partial charge in [0.1, 0.15) is 5.83 Å². The third kappa shape index (κ3) is 10.1. The van der Waals surface area contributed by atoms with Gasteiger partial charge in [-0.05, 0) is 51.7 Å². The normalized spacial score (nSPS) is 11.2. The highest BCUT2D eigenvalue weighted by Gasteiger charge is 2.14. The first-order valence-electron chi connectivity index (χ1n) is 14.2. The minimum absolute atomic E-state index is 0.199. The summed E-state index contributed by atoms with van der Waals surface area (Å²) < 4.78 is 14.7. The van der Waals surface area contributed by atoms with Gasteiger partial charge in [-0.1, -0.05) is 71.5 Å². The SMILES string of the molecule is C=CC(=O)Nc1cc(Nc2ncc3cccc(C(/C=C\C)=C(\F)CC)c3n2)ccc1N(C)CCN(C)C.CC.CC. The standard InChI is InChI=1S/C29H35FN6O.2C2H6/c1-7-11-22(24(30)8-2)23-13-10-12-20-19-31-29(34-28(20)23)32-21-14-15-26(36(6)17-16-35(4)5)25(18-21)33-27(37)9-3;2*1-2/h7,9-15,18-19H,3,8,16-17H2,1-2,4-6H3,(H,33,37)(H,31,32,34);2*1-2H3/b11-7-,24-22-;;. The minimum atomic E-state index is -0.299. The van der Waals surface area contributed by atoms with Gasteiger partial charge in [0.2, 0.25) is 11.9 Å². The first kappa shape index (κ1) is 35.0. The molecule has 1 heterocycles. The Bertz CT molecular complexity index is 1330. The van der Waals surface area contributed by atoms with Gasteiger partial charge in [0.05, 0.1) is 16.9 Å². The van der Waals surface area contributed by atoms with Crippen LogP contribution in [0.3, 0.4) is 0 Å². The van der Waals surface area contributed by atoms with Crippen molar-refractivity contribution < 1.29 is 9.18 Å². The molecule has 0 fully saturated rings. The average Bonchev–Trinajstić information content (AvgIpc) is 3.00. The summed E-state index contributed by atoms with van der Waals surface area (Å²) in [6, 6.07) is 11.3. The van der Waals surface area contributed by atoms with Crippen molar-refractivity contribution in [2.45, 2.75) is 48.0 Å². The van der Waals surface area contributed by atoms with Crippen LogP contribution in [0.1, 0.15) is 53.5 Å². The third-order valence-electron chi connectivity index (χ3n) is 5.83. The third-order valence-corrected chi connectivity index (χ3v) is 5.83. The fraction of sp³-hybridized carbons (Fsp3) is 0.364. The molecule has 0 atom stereocenters. The molecule has 0 spiro atoms. The van der Waals surface area contributed by atoms with E-state index >= 15 is 0 Å². The number of likely N-dealkylation sites (N-methyl/N-ethyl adjacent to an activating group) is 2. The van der Waals surface area contributed by atoms with Crippen molar-refractivity contribution in [2.75, 3.05) is 49.8 Å². The van der Waals surface area contributed by atoms with Crippen LogP contribution in [0.2, 0.25) is 0 Å². The maximum Gasteiger partial charge on any atom is 0.247 e. The molecule has 3 rings (SSSR count). The number of rotatable bonds is 11. The molecule has 3 aromatic rings. The van der Waals surface area contributed by atoms with E-state index in [0.717, 1.165) is 24.2 Å². The van der Waals surface area contributed by atoms with Gasteiger partial charge in [-0.25, -0.2) is 14.4 Å². The summed E-state index contributed by atoms with van der Waals surface area (Å²) in [4.78, 5) is 25.5. The molecule has 1 aromatic heterocycles. The van der Waals surface area contributed by atoms with Crippen LogP contribution >= 0.6 is 0 Å². The highest BCUT2D eigenvalue weighted by molar-refractivity contribution is 6.02. The van der Waals surface area contributed by atoms with Gasteiger partial charge < -0.3 is 20.4 Å². The van der Waals surface area contributed by atoms with Gasteiger partial charge in [-0.3, -0.25) is 4.79 Å². The number of benzene rings is 2. The van der Waals surface area contributed by atoms with Crippen molar-refractivity contribution in [3.63, 3.8) is 0 Å². The largest absolute Gasteiger partial charge is 0.372 e. The van der Waals surface area contributed by atoms with Crippen LogP contribution in [0.4, 0.5) is 27.4 Å². The Labute approximate surface area is 245 Å². The summed E-state index contributed by atoms with van der Waals surface area (Å²) in [5, 5.41) is 6.94. The average molecular weight is 563 g/mol. The van der Waals surface area contributed by atoms with Crippen LogP contribution in [-0.2, 0) is 4.79 Å². The lowest BCUT2D eigenvalue weighted by molar-refractivity contribution is -0.111. The molecule has 8 heteroatoms. The molecule has 0 aliphatic heterocycles. The van der Waals surface area contributed by atoms with Crippen molar-refractivity contribution in [2.24, 2.45) is 0 Å². The maximum absolute atomic E-state index is 14.7. The second kappa shape index (κ2) is 18.3. The molecule has 2 aromatic carbocycles. The van der Waals surface area contributed by atoms with Gasteiger partial charge in [0.25, 0.3) is 0 Å². The molecule has 0 unspecified atom stereocenters. The number of aromatic nitrogens is 2. The number of amides is 1. The Morgan fingerprint density at radius 2 is 1.78 bits per heavy atom. The minimum Gasteiger partial charge on any atom is -0.372 e. The molecule has 0 saturated carbocycles. The van der Waals surface area contributed by atoms with Gasteiger partial charge in [0, 0.05) is 48.5 Å². The van der Waals surface area contributed by atoms with Crippen molar-refractivity contribution in [3.05, 3.63) is 78.8 Å². The summed E-state index contributed by atoms with van der Waals surface area (Å²) in [6.45, 7) is 16.9. The molecule has 222 valence electrons. The number of hydrogen-bond donors (Lipinski definition) is 2. The summed E-state index contributed by atoms with van der Waals surface area (Å²) >= 11 is 0. The summed E-state index contributed by atoms with van der Waals surface area (Å²) in [5.41, 5.74) is 4.08. The van der Waals surface area contributed by atoms with Gasteiger partial charge in [0.15, 0.2) is 0 Å². The van der Waals surface area contributed by atoms with Crippen LogP contribution in [0.5, 0.6) is 0 Å². The lowest BCUT2D eigenvalue weighted by atomic mass is 10.0. The number of carbonyl (C=O) groups is 1. The van der Waals surface area contributed by atoms with Crippen molar-refractivity contribution in [1.82, 2.24) is 14.9 Å². The van der Waals surface area contributed by atoms with E-state index in [-0.39, 0.29) is 11.7 Å². The molecule has 7 nitrogen and oxygen atoms in total. The number of nitrogens with one attached hydrogen (secondary N) is 2. The smallest absolute Gasteiger partial charge is 0.247 e. The molecular formula is C33H47FN6O. The lowest BCUT2D eigenvalue weighted by Gasteiger charge is -2.24. The number of halogens is 1. The highest BCUT2D eigenvalue weighted by atomic mass is 19.1. The topological polar surface area (TPSA) is 73.4 Å². The first-order valence-corrected chi connectivity index (χ1v) is 14.2. The maximum atomic E-state index is 14.7. The number of nitrogens with zero attached hydrogens (tertiary/aromatic N) is 4. The quantitative estimate of drug-likeness (QED) is 0.181. The van der Waals surface area contributed by atoms with Gasteiger partial charge in [-0.15, -0.1) is 0 Å². The molecule has 1 amide bonds. The van der Waals surface area contributed by atoms with Crippen LogP contribution in [0.15, 0.2) is 73.2 Å². The predicted molar refractivity (Wildman–Crippen MR) is 176 cm³/mol. The molecule has 0 aliphatic carbocycles. The van der Waals surface area contributed by atoms with Crippen molar-refractivity contribution in [3.8, 4) is 0 Å². The zero-order chi connectivity index (χ0) is 30.9. The lowest BCUT2D eigenvalue weighted by Crippen LogP contribution is -2.29. The molecule has 0 saturated heterocycles. The zero-order valence-electron chi connectivity index (χ0n) is 26.2. The van der Waals surface area contributed by atoms with E-state index in [1.54, 1.807) is 19.2 Å². The number of fused-ring (bicyclic) bond motifs is 1. The number of hydrogen-bond acceptors (Lipinski definition) is 6. The number of anilines is 4. The van der Waals surface area contributed by atoms with E-state index in [1.165, 1.54) is 6.08 Å². The number of para-hydroxylation sites is 1. The predicted octanol–water partition coefficient (Wildman–Crippen LogP) is 8.21. The van der Waals surface area contributed by atoms with Crippen LogP contribution < -0.4 is 15.5 Å². The molecule has 0 bridgehead atoms. The highest BCUT2D eigenvalue weighted by Crippen LogP contribution is 2.32. The van der Waals surface area contributed by atoms with E-state index in [1.807, 2.05) is 98.2 Å². The van der Waals surface area contributed by atoms with Crippen LogP contribution in [0.25, 0.3) is 16.5 Å². The fourth-order valence-corrected chi connectivity index (χ4v) is 3.85. The Hall–Kier alpha value is -4.04. The van der Waals surface area contributed by atoms with Gasteiger partial charge in [-0.2, -0.15) is 0 Å². The monoisotopic (exact) mass is 562 g/mol. The Morgan fingerprint density at radius 1 is 1.07 bits per heavy atom. The van der Waals surface area contributed by atoms with Crippen LogP contribution in [-0.4, -0.2) is 55.0 Å². The summed E-state index contributed by atoms with van der Waals surface area (Å²) in [5.74, 6) is -0.131. The molecular weight excluding hydrogens is 515 g/mol. The summed E-state index contributed by atoms with van der Waals surface area (Å²) in [7, 11) is 6.02. The van der Waals surface area contributed by atoms with Crippen LogP contribution in [0, 0.1) is 0 Å². The first-order chi connectivity index (χ1) is 19.8. The van der Waals surface area contributed by atoms with E-state index < -0.39 is 0 Å². The molecule has 0 radical (unpaired) electrons. The second-order valence-electron chi connectivity index (χ2n) is 8.88. The molecule has 0 aliphatic rings. The van der Waals surface area contributed by atoms with E-state index in [4.69, 9.17) is 4.98 Å². The fourth-order valence-electron chi connectivity index (χ4n) is 3.85. The molecule has 2 N–H and O–H groups in total. The van der Waals surface area contributed by atoms with E-state index in [2.05, 4.69) is 32.0 Å². The summed E-state index contributed by atoms with van der Waals surface area (Å²) in [6.07, 6.45) is 6.84. The molecule has 41 heavy (non-hydrogen) atoms. The van der Waals surface area contributed by atoms with E-state index in [0.29, 0.717) is 40.4 Å². The Balaban J connectivity index is 0.00000201. The second-order valence-corrected chi connectivity index (χ2v) is 8.88. The Morgan fingerprint density at radius 3 is 2.39 bits per heavy atom. The van der Waals surface area contributed by atoms with E-state index in [9.17, 15) is 9.18 Å². The zero-order valence-corrected chi connectivity index (χ0v) is 26.2. The number of allylic oxidation sites excluding steroid dienone is 4. The van der Waals surface area contributed by atoms with Crippen molar-refractivity contribution >= 4 is 45.4 Å². The van der Waals surface area contributed by atoms with Gasteiger partial charge >= 0.3 is 0 Å².